The second-order valence-corrected chi connectivity index (χ2v) is 4.59. The van der Waals surface area contributed by atoms with Gasteiger partial charge < -0.3 is 19.9 Å². The summed E-state index contributed by atoms with van der Waals surface area (Å²) in [5.74, 6) is 0.335. The van der Waals surface area contributed by atoms with E-state index in [4.69, 9.17) is 4.42 Å². The van der Waals surface area contributed by atoms with Crippen molar-refractivity contribution in [3.63, 3.8) is 0 Å². The Hall–Kier alpha value is -1.72. The van der Waals surface area contributed by atoms with Crippen LogP contribution in [0.15, 0.2) is 22.8 Å². The molecular formula is C13H16N2O3. The highest BCUT2D eigenvalue weighted by Crippen LogP contribution is 2.34. The van der Waals surface area contributed by atoms with Gasteiger partial charge in [0.2, 0.25) is 0 Å². The number of hydrogen-bond donors (Lipinski definition) is 3. The van der Waals surface area contributed by atoms with E-state index in [0.717, 1.165) is 31.7 Å². The molecule has 0 bridgehead atoms. The number of fused-ring (bicyclic) bond motifs is 1. The molecule has 1 aromatic carbocycles. The van der Waals surface area contributed by atoms with E-state index in [1.54, 1.807) is 12.1 Å². The number of phenols is 1. The normalized spacial score (nSPS) is 17.3. The maximum absolute atomic E-state index is 9.96. The fourth-order valence-electron chi connectivity index (χ4n) is 2.38. The van der Waals surface area contributed by atoms with E-state index in [1.165, 1.54) is 6.26 Å². The molecule has 0 radical (unpaired) electrons. The zero-order valence-electron chi connectivity index (χ0n) is 10.0. The van der Waals surface area contributed by atoms with Gasteiger partial charge >= 0.3 is 0 Å². The third-order valence-electron chi connectivity index (χ3n) is 3.39. The van der Waals surface area contributed by atoms with E-state index < -0.39 is 0 Å². The molecule has 1 aliphatic rings. The fourth-order valence-corrected chi connectivity index (χ4v) is 2.38. The molecule has 1 fully saturated rings. The Balaban J connectivity index is 1.96. The number of rotatable bonds is 2. The summed E-state index contributed by atoms with van der Waals surface area (Å²) < 4.78 is 5.35. The molecule has 0 aliphatic carbocycles. The van der Waals surface area contributed by atoms with Crippen molar-refractivity contribution in [3.8, 4) is 11.5 Å². The maximum atomic E-state index is 9.96. The molecule has 0 spiro atoms. The molecule has 3 N–H and O–H groups in total. The monoisotopic (exact) mass is 248 g/mol. The Morgan fingerprint density at radius 2 is 1.94 bits per heavy atom. The van der Waals surface area contributed by atoms with Gasteiger partial charge in [-0.15, -0.1) is 0 Å². The Kier molecular flexibility index (Phi) is 2.85. The number of benzene rings is 1. The summed E-state index contributed by atoms with van der Waals surface area (Å²) >= 11 is 0. The van der Waals surface area contributed by atoms with Crippen LogP contribution in [0.3, 0.4) is 0 Å². The Morgan fingerprint density at radius 3 is 2.72 bits per heavy atom. The van der Waals surface area contributed by atoms with Crippen LogP contribution in [0.2, 0.25) is 0 Å². The van der Waals surface area contributed by atoms with Gasteiger partial charge in [-0.3, -0.25) is 4.90 Å². The van der Waals surface area contributed by atoms with Crippen LogP contribution in [0.4, 0.5) is 0 Å². The molecule has 0 atom stereocenters. The van der Waals surface area contributed by atoms with Crippen LogP contribution in [0.25, 0.3) is 11.0 Å². The minimum absolute atomic E-state index is 0.117. The quantitative estimate of drug-likeness (QED) is 0.746. The zero-order valence-corrected chi connectivity index (χ0v) is 10.0. The second-order valence-electron chi connectivity index (χ2n) is 4.59. The third kappa shape index (κ3) is 1.91. The molecule has 2 aromatic rings. The maximum Gasteiger partial charge on any atom is 0.161 e. The molecule has 0 unspecified atom stereocenters. The van der Waals surface area contributed by atoms with Gasteiger partial charge in [-0.25, -0.2) is 0 Å². The summed E-state index contributed by atoms with van der Waals surface area (Å²) in [4.78, 5) is 2.25. The molecule has 0 amide bonds. The zero-order chi connectivity index (χ0) is 12.5. The first-order chi connectivity index (χ1) is 8.75. The minimum atomic E-state index is 0.117. The lowest BCUT2D eigenvalue weighted by Crippen LogP contribution is -2.42. The number of piperazine rings is 1. The van der Waals surface area contributed by atoms with E-state index in [1.807, 2.05) is 0 Å². The molecule has 96 valence electrons. The van der Waals surface area contributed by atoms with Crippen LogP contribution in [0.1, 0.15) is 5.56 Å². The van der Waals surface area contributed by atoms with Crippen molar-refractivity contribution in [2.75, 3.05) is 26.2 Å². The molecule has 5 heteroatoms. The molecule has 1 aromatic heterocycles. The second kappa shape index (κ2) is 4.51. The smallest absolute Gasteiger partial charge is 0.161 e. The van der Waals surface area contributed by atoms with Gasteiger partial charge in [-0.1, -0.05) is 0 Å². The van der Waals surface area contributed by atoms with Crippen LogP contribution in [0, 0.1) is 0 Å². The molecule has 5 nitrogen and oxygen atoms in total. The van der Waals surface area contributed by atoms with E-state index in [2.05, 4.69) is 10.2 Å². The van der Waals surface area contributed by atoms with Crippen LogP contribution in [-0.4, -0.2) is 41.3 Å². The lowest BCUT2D eigenvalue weighted by Gasteiger charge is -2.27. The van der Waals surface area contributed by atoms with Gasteiger partial charge in [0.1, 0.15) is 17.6 Å². The highest BCUT2D eigenvalue weighted by molar-refractivity contribution is 5.87. The van der Waals surface area contributed by atoms with E-state index in [9.17, 15) is 10.2 Å². The topological polar surface area (TPSA) is 68.9 Å². The summed E-state index contributed by atoms with van der Waals surface area (Å²) in [5, 5.41) is 23.5. The van der Waals surface area contributed by atoms with Crippen molar-refractivity contribution in [1.82, 2.24) is 10.2 Å². The van der Waals surface area contributed by atoms with Crippen molar-refractivity contribution in [3.05, 3.63) is 24.0 Å². The number of nitrogens with one attached hydrogen (secondary N) is 1. The third-order valence-corrected chi connectivity index (χ3v) is 3.39. The van der Waals surface area contributed by atoms with Crippen LogP contribution in [-0.2, 0) is 6.54 Å². The first kappa shape index (κ1) is 11.4. The van der Waals surface area contributed by atoms with Gasteiger partial charge in [0, 0.05) is 32.7 Å². The average Bonchev–Trinajstić information content (AvgIpc) is 2.76. The number of furan rings is 1. The lowest BCUT2D eigenvalue weighted by molar-refractivity contribution is 0.230. The van der Waals surface area contributed by atoms with Gasteiger partial charge in [-0.05, 0) is 12.1 Å². The first-order valence-corrected chi connectivity index (χ1v) is 6.10. The van der Waals surface area contributed by atoms with E-state index >= 15 is 0 Å². The van der Waals surface area contributed by atoms with Crippen molar-refractivity contribution >= 4 is 11.0 Å². The number of hydrogen-bond acceptors (Lipinski definition) is 5. The van der Waals surface area contributed by atoms with E-state index in [0.29, 0.717) is 17.5 Å². The minimum Gasteiger partial charge on any atom is -0.507 e. The van der Waals surface area contributed by atoms with Crippen LogP contribution >= 0.6 is 0 Å². The van der Waals surface area contributed by atoms with Crippen molar-refractivity contribution in [2.45, 2.75) is 6.54 Å². The van der Waals surface area contributed by atoms with Gasteiger partial charge in [-0.2, -0.15) is 0 Å². The lowest BCUT2D eigenvalue weighted by atomic mass is 10.1. The predicted octanol–water partition coefficient (Wildman–Crippen LogP) is 1.25. The summed E-state index contributed by atoms with van der Waals surface area (Å²) in [6.45, 7) is 4.45. The number of aromatic hydroxyl groups is 2. The SMILES string of the molecule is Oc1ccc2c(O)coc2c1CN1CCNCC1. The molecular weight excluding hydrogens is 232 g/mol. The molecule has 2 heterocycles. The first-order valence-electron chi connectivity index (χ1n) is 6.10. The Bertz CT molecular complexity index is 559. The molecule has 1 aliphatic heterocycles. The molecule has 3 rings (SSSR count). The van der Waals surface area contributed by atoms with Gasteiger partial charge in [0.15, 0.2) is 5.75 Å². The molecule has 1 saturated heterocycles. The predicted molar refractivity (Wildman–Crippen MR) is 67.7 cm³/mol. The highest BCUT2D eigenvalue weighted by Gasteiger charge is 2.17. The van der Waals surface area contributed by atoms with Gasteiger partial charge in [0.25, 0.3) is 0 Å². The average molecular weight is 248 g/mol. The fraction of sp³-hybridized carbons (Fsp3) is 0.385. The Morgan fingerprint density at radius 1 is 1.17 bits per heavy atom. The van der Waals surface area contributed by atoms with Crippen molar-refractivity contribution < 1.29 is 14.6 Å². The molecule has 18 heavy (non-hydrogen) atoms. The summed E-state index contributed by atoms with van der Waals surface area (Å²) in [6, 6.07) is 3.28. The number of phenolic OH excluding ortho intramolecular Hbond substituents is 1. The highest BCUT2D eigenvalue weighted by atomic mass is 16.4. The summed E-state index contributed by atoms with van der Waals surface area (Å²) in [7, 11) is 0. The summed E-state index contributed by atoms with van der Waals surface area (Å²) in [5.41, 5.74) is 1.32. The standard InChI is InChI=1S/C13H16N2O3/c16-11-2-1-9-12(17)8-18-13(9)10(11)7-15-5-3-14-4-6-15/h1-2,8,14,16-17H,3-7H2. The van der Waals surface area contributed by atoms with E-state index in [-0.39, 0.29) is 11.5 Å². The largest absolute Gasteiger partial charge is 0.507 e. The Labute approximate surface area is 105 Å². The van der Waals surface area contributed by atoms with Gasteiger partial charge in [0.05, 0.1) is 10.9 Å². The number of nitrogens with zero attached hydrogens (tertiary/aromatic N) is 1. The van der Waals surface area contributed by atoms with Crippen molar-refractivity contribution in [1.29, 1.82) is 0 Å². The van der Waals surface area contributed by atoms with Crippen LogP contribution < -0.4 is 5.32 Å². The summed E-state index contributed by atoms with van der Waals surface area (Å²) in [6.07, 6.45) is 1.31. The van der Waals surface area contributed by atoms with Crippen LogP contribution in [0.5, 0.6) is 11.5 Å². The van der Waals surface area contributed by atoms with Crippen molar-refractivity contribution in [2.24, 2.45) is 0 Å². The molecule has 0 saturated carbocycles.